The van der Waals surface area contributed by atoms with E-state index in [0.29, 0.717) is 5.82 Å². The molecule has 1 rings (SSSR count). The molecule has 1 aromatic rings. The smallest absolute Gasteiger partial charge is 0.146 e. The van der Waals surface area contributed by atoms with E-state index in [1.807, 2.05) is 20.9 Å². The van der Waals surface area contributed by atoms with E-state index < -0.39 is 0 Å². The molecule has 0 spiro atoms. The van der Waals surface area contributed by atoms with Crippen molar-refractivity contribution in [2.75, 3.05) is 19.3 Å². The van der Waals surface area contributed by atoms with E-state index in [9.17, 15) is 0 Å². The van der Waals surface area contributed by atoms with Gasteiger partial charge in [-0.1, -0.05) is 20.8 Å². The van der Waals surface area contributed by atoms with Crippen LogP contribution in [0.25, 0.3) is 0 Å². The number of anilines is 1. The van der Waals surface area contributed by atoms with Crippen molar-refractivity contribution in [1.82, 2.24) is 14.9 Å². The third-order valence-corrected chi connectivity index (χ3v) is 2.31. The highest BCUT2D eigenvalue weighted by Crippen LogP contribution is 2.19. The molecule has 0 aliphatic heterocycles. The zero-order valence-electron chi connectivity index (χ0n) is 10.4. The van der Waals surface area contributed by atoms with Gasteiger partial charge in [-0.3, -0.25) is 9.88 Å². The van der Waals surface area contributed by atoms with Crippen LogP contribution < -0.4 is 5.73 Å². The van der Waals surface area contributed by atoms with Crippen molar-refractivity contribution >= 4 is 5.82 Å². The first-order valence-corrected chi connectivity index (χ1v) is 5.43. The molecule has 0 aliphatic rings. The van der Waals surface area contributed by atoms with Crippen molar-refractivity contribution in [3.05, 3.63) is 18.1 Å². The Balaban J connectivity index is 0.000000921. The molecule has 0 aromatic carbocycles. The Morgan fingerprint density at radius 3 is 2.33 bits per heavy atom. The Bertz CT molecular complexity index is 275. The van der Waals surface area contributed by atoms with Gasteiger partial charge in [0.15, 0.2) is 0 Å². The van der Waals surface area contributed by atoms with E-state index in [-0.39, 0.29) is 6.04 Å². The second-order valence-electron chi connectivity index (χ2n) is 3.08. The molecule has 0 bridgehead atoms. The fourth-order valence-electron chi connectivity index (χ4n) is 1.16. The molecule has 0 fully saturated rings. The van der Waals surface area contributed by atoms with Crippen LogP contribution >= 0.6 is 0 Å². The maximum absolute atomic E-state index is 5.71. The monoisotopic (exact) mass is 210 g/mol. The predicted molar refractivity (Wildman–Crippen MR) is 64.5 cm³/mol. The summed E-state index contributed by atoms with van der Waals surface area (Å²) in [6.45, 7) is 9.14. The summed E-state index contributed by atoms with van der Waals surface area (Å²) in [5.41, 5.74) is 6.57. The Kier molecular flexibility index (Phi) is 6.62. The minimum absolute atomic E-state index is 0.221. The normalized spacial score (nSPS) is 11.9. The van der Waals surface area contributed by atoms with Crippen LogP contribution in [0.1, 0.15) is 39.4 Å². The maximum atomic E-state index is 5.71. The molecule has 1 unspecified atom stereocenters. The number of hydrogen-bond donors (Lipinski definition) is 1. The molecule has 0 saturated carbocycles. The number of aromatic nitrogens is 2. The van der Waals surface area contributed by atoms with Crippen LogP contribution in [-0.4, -0.2) is 28.5 Å². The van der Waals surface area contributed by atoms with Crippen LogP contribution in [-0.2, 0) is 0 Å². The van der Waals surface area contributed by atoms with Gasteiger partial charge in [-0.05, 0) is 20.5 Å². The van der Waals surface area contributed by atoms with Crippen LogP contribution in [0.15, 0.2) is 12.4 Å². The number of hydrogen-bond acceptors (Lipinski definition) is 4. The Morgan fingerprint density at radius 2 is 1.87 bits per heavy atom. The summed E-state index contributed by atoms with van der Waals surface area (Å²) in [7, 11) is 2.04. The average molecular weight is 210 g/mol. The average Bonchev–Trinajstić information content (AvgIpc) is 2.30. The molecule has 0 radical (unpaired) electrons. The zero-order chi connectivity index (χ0) is 11.8. The first-order chi connectivity index (χ1) is 7.16. The molecule has 0 saturated heterocycles. The lowest BCUT2D eigenvalue weighted by Gasteiger charge is -2.22. The van der Waals surface area contributed by atoms with E-state index in [1.165, 1.54) is 0 Å². The first kappa shape index (κ1) is 13.8. The molecule has 0 aliphatic carbocycles. The quantitative estimate of drug-likeness (QED) is 0.830. The summed E-state index contributed by atoms with van der Waals surface area (Å²) < 4.78 is 0. The standard InChI is InChI=1S/C9H16N4.C2H6/c1-4-13(3)7(2)8-9(10)12-6-5-11-8;1-2/h5-7H,4H2,1-3H3,(H2,10,12);1-2H3. The first-order valence-electron chi connectivity index (χ1n) is 5.43. The van der Waals surface area contributed by atoms with E-state index in [1.54, 1.807) is 12.4 Å². The van der Waals surface area contributed by atoms with Crippen molar-refractivity contribution in [2.24, 2.45) is 0 Å². The SMILES string of the molecule is CC.CCN(C)C(C)c1nccnc1N. The van der Waals surface area contributed by atoms with Crippen LogP contribution in [0.5, 0.6) is 0 Å². The lowest BCUT2D eigenvalue weighted by atomic mass is 10.2. The van der Waals surface area contributed by atoms with E-state index in [2.05, 4.69) is 28.7 Å². The lowest BCUT2D eigenvalue weighted by molar-refractivity contribution is 0.271. The molecular weight excluding hydrogens is 188 g/mol. The van der Waals surface area contributed by atoms with E-state index in [0.717, 1.165) is 12.2 Å². The summed E-state index contributed by atoms with van der Waals surface area (Å²) in [6, 6.07) is 0.221. The Labute approximate surface area is 92.5 Å². The molecule has 0 amide bonds. The van der Waals surface area contributed by atoms with Gasteiger partial charge in [0.05, 0.1) is 11.7 Å². The van der Waals surface area contributed by atoms with Gasteiger partial charge in [-0.25, -0.2) is 4.98 Å². The van der Waals surface area contributed by atoms with Gasteiger partial charge in [-0.2, -0.15) is 0 Å². The van der Waals surface area contributed by atoms with Crippen molar-refractivity contribution in [1.29, 1.82) is 0 Å². The molecule has 1 heterocycles. The summed E-state index contributed by atoms with van der Waals surface area (Å²) in [5.74, 6) is 0.523. The second kappa shape index (κ2) is 7.17. The summed E-state index contributed by atoms with van der Waals surface area (Å²) >= 11 is 0. The Morgan fingerprint density at radius 1 is 1.33 bits per heavy atom. The fourth-order valence-corrected chi connectivity index (χ4v) is 1.16. The van der Waals surface area contributed by atoms with Gasteiger partial charge in [0.25, 0.3) is 0 Å². The van der Waals surface area contributed by atoms with Crippen molar-refractivity contribution in [3.63, 3.8) is 0 Å². The number of nitrogens with zero attached hydrogens (tertiary/aromatic N) is 3. The third kappa shape index (κ3) is 3.83. The molecule has 1 aromatic heterocycles. The predicted octanol–water partition coefficient (Wildman–Crippen LogP) is 2.10. The highest BCUT2D eigenvalue weighted by Gasteiger charge is 2.14. The lowest BCUT2D eigenvalue weighted by Crippen LogP contribution is -2.23. The number of nitrogens with two attached hydrogens (primary N) is 1. The minimum atomic E-state index is 0.221. The van der Waals surface area contributed by atoms with Gasteiger partial charge in [0.2, 0.25) is 0 Å². The topological polar surface area (TPSA) is 55.0 Å². The largest absolute Gasteiger partial charge is 0.382 e. The molecular formula is C11H22N4. The number of nitrogen functional groups attached to an aromatic ring is 1. The molecule has 86 valence electrons. The van der Waals surface area contributed by atoms with Gasteiger partial charge in [0, 0.05) is 12.4 Å². The zero-order valence-corrected chi connectivity index (χ0v) is 10.4. The third-order valence-electron chi connectivity index (χ3n) is 2.31. The van der Waals surface area contributed by atoms with Crippen LogP contribution in [0.4, 0.5) is 5.82 Å². The highest BCUT2D eigenvalue weighted by atomic mass is 15.1. The van der Waals surface area contributed by atoms with Gasteiger partial charge >= 0.3 is 0 Å². The highest BCUT2D eigenvalue weighted by molar-refractivity contribution is 5.34. The molecule has 2 N–H and O–H groups in total. The molecule has 4 nitrogen and oxygen atoms in total. The van der Waals surface area contributed by atoms with Gasteiger partial charge in [0.1, 0.15) is 5.82 Å². The second-order valence-corrected chi connectivity index (χ2v) is 3.08. The van der Waals surface area contributed by atoms with Gasteiger partial charge < -0.3 is 5.73 Å². The fraction of sp³-hybridized carbons (Fsp3) is 0.636. The van der Waals surface area contributed by atoms with Crippen molar-refractivity contribution in [2.45, 2.75) is 33.7 Å². The van der Waals surface area contributed by atoms with Crippen LogP contribution in [0.3, 0.4) is 0 Å². The molecule has 4 heteroatoms. The van der Waals surface area contributed by atoms with Crippen molar-refractivity contribution < 1.29 is 0 Å². The van der Waals surface area contributed by atoms with Crippen LogP contribution in [0, 0.1) is 0 Å². The summed E-state index contributed by atoms with van der Waals surface area (Å²) in [6.07, 6.45) is 3.28. The maximum Gasteiger partial charge on any atom is 0.146 e. The molecule has 1 atom stereocenters. The van der Waals surface area contributed by atoms with Crippen LogP contribution in [0.2, 0.25) is 0 Å². The minimum Gasteiger partial charge on any atom is -0.382 e. The van der Waals surface area contributed by atoms with E-state index >= 15 is 0 Å². The van der Waals surface area contributed by atoms with Gasteiger partial charge in [-0.15, -0.1) is 0 Å². The number of rotatable bonds is 3. The summed E-state index contributed by atoms with van der Waals surface area (Å²) in [5, 5.41) is 0. The molecule has 15 heavy (non-hydrogen) atoms. The summed E-state index contributed by atoms with van der Waals surface area (Å²) in [4.78, 5) is 10.4. The van der Waals surface area contributed by atoms with E-state index in [4.69, 9.17) is 5.73 Å². The van der Waals surface area contributed by atoms with Crippen molar-refractivity contribution in [3.8, 4) is 0 Å². The Hall–Kier alpha value is -1.16.